The summed E-state index contributed by atoms with van der Waals surface area (Å²) in [7, 11) is 0. The highest BCUT2D eigenvalue weighted by molar-refractivity contribution is 5.93. The lowest BCUT2D eigenvalue weighted by molar-refractivity contribution is -0.137. The number of rotatable bonds is 2. The number of fused-ring (bicyclic) bond motifs is 1. The zero-order chi connectivity index (χ0) is 17.7. The summed E-state index contributed by atoms with van der Waals surface area (Å²) in [5.41, 5.74) is 6.22. The summed E-state index contributed by atoms with van der Waals surface area (Å²) in [4.78, 5) is 4.18. The van der Waals surface area contributed by atoms with E-state index in [9.17, 15) is 13.2 Å². The van der Waals surface area contributed by atoms with E-state index in [1.54, 1.807) is 24.3 Å². The highest BCUT2D eigenvalue weighted by Gasteiger charge is 2.30. The maximum atomic E-state index is 12.5. The maximum absolute atomic E-state index is 12.5. The molecule has 0 saturated heterocycles. The van der Waals surface area contributed by atoms with Gasteiger partial charge in [0.2, 0.25) is 0 Å². The van der Waals surface area contributed by atoms with E-state index >= 15 is 0 Å². The molecular weight excluding hydrogens is 317 g/mol. The second kappa shape index (κ2) is 7.21. The van der Waals surface area contributed by atoms with Gasteiger partial charge in [-0.2, -0.15) is 13.2 Å². The molecule has 0 unspecified atom stereocenters. The molecule has 0 aliphatic rings. The minimum atomic E-state index is -4.36. The Bertz CT molecular complexity index is 815. The van der Waals surface area contributed by atoms with Crippen molar-refractivity contribution in [2.24, 2.45) is 0 Å². The smallest absolute Gasteiger partial charge is 0.416 e. The van der Waals surface area contributed by atoms with Gasteiger partial charge in [0.1, 0.15) is 11.5 Å². The third-order valence-corrected chi connectivity index (χ3v) is 3.17. The monoisotopic (exact) mass is 334 g/mol. The normalized spacial score (nSPS) is 10.9. The van der Waals surface area contributed by atoms with Crippen molar-refractivity contribution in [3.63, 3.8) is 0 Å². The number of hydrogen-bond donors (Lipinski definition) is 1. The van der Waals surface area contributed by atoms with E-state index in [2.05, 4.69) is 4.98 Å². The number of hydrogen-bond acceptors (Lipinski definition) is 3. The molecule has 126 valence electrons. The number of ether oxygens (including phenoxy) is 1. The number of anilines is 1. The molecule has 1 heterocycles. The Morgan fingerprint density at radius 2 is 1.62 bits per heavy atom. The van der Waals surface area contributed by atoms with Gasteiger partial charge < -0.3 is 10.5 Å². The lowest BCUT2D eigenvalue weighted by atomic mass is 10.1. The third-order valence-electron chi connectivity index (χ3n) is 3.17. The van der Waals surface area contributed by atoms with Crippen LogP contribution in [-0.4, -0.2) is 4.98 Å². The molecule has 0 spiro atoms. The van der Waals surface area contributed by atoms with Crippen LogP contribution in [0.2, 0.25) is 0 Å². The first kappa shape index (κ1) is 17.6. The fourth-order valence-corrected chi connectivity index (χ4v) is 2.10. The molecule has 0 aliphatic heterocycles. The van der Waals surface area contributed by atoms with Gasteiger partial charge in [-0.15, -0.1) is 0 Å². The van der Waals surface area contributed by atoms with Crippen LogP contribution in [0.3, 0.4) is 0 Å². The average Bonchev–Trinajstić information content (AvgIpc) is 2.57. The van der Waals surface area contributed by atoms with Gasteiger partial charge in [-0.25, -0.2) is 0 Å². The average molecular weight is 334 g/mol. The summed E-state index contributed by atoms with van der Waals surface area (Å²) in [5.74, 6) is 0.792. The Labute approximate surface area is 137 Å². The SMILES string of the molecule is CC.Nc1cccc2c(Oc3ccc(C(F)(F)F)cc3)ccnc12. The third kappa shape index (κ3) is 3.76. The van der Waals surface area contributed by atoms with Crippen molar-refractivity contribution in [1.82, 2.24) is 4.98 Å². The predicted molar refractivity (Wildman–Crippen MR) is 89.0 cm³/mol. The Hall–Kier alpha value is -2.76. The van der Waals surface area contributed by atoms with E-state index in [1.165, 1.54) is 18.3 Å². The fourth-order valence-electron chi connectivity index (χ4n) is 2.10. The number of pyridine rings is 1. The molecule has 0 aliphatic carbocycles. The molecule has 0 atom stereocenters. The largest absolute Gasteiger partial charge is 0.457 e. The lowest BCUT2D eigenvalue weighted by Gasteiger charge is -2.11. The second-order valence-corrected chi connectivity index (χ2v) is 4.68. The van der Waals surface area contributed by atoms with Crippen LogP contribution >= 0.6 is 0 Å². The van der Waals surface area contributed by atoms with Gasteiger partial charge in [-0.3, -0.25) is 4.98 Å². The molecule has 1 aromatic heterocycles. The summed E-state index contributed by atoms with van der Waals surface area (Å²) in [6.45, 7) is 4.00. The quantitative estimate of drug-likeness (QED) is 0.616. The first-order chi connectivity index (χ1) is 11.4. The Balaban J connectivity index is 0.00000100. The van der Waals surface area contributed by atoms with Crippen molar-refractivity contribution >= 4 is 16.6 Å². The number of halogens is 3. The molecule has 3 aromatic rings. The van der Waals surface area contributed by atoms with Gasteiger partial charge >= 0.3 is 6.18 Å². The summed E-state index contributed by atoms with van der Waals surface area (Å²) in [6.07, 6.45) is -2.82. The zero-order valence-corrected chi connectivity index (χ0v) is 13.3. The van der Waals surface area contributed by atoms with Crippen LogP contribution in [0.25, 0.3) is 10.9 Å². The Morgan fingerprint density at radius 1 is 0.958 bits per heavy atom. The second-order valence-electron chi connectivity index (χ2n) is 4.68. The maximum Gasteiger partial charge on any atom is 0.416 e. The van der Waals surface area contributed by atoms with E-state index in [4.69, 9.17) is 10.5 Å². The Morgan fingerprint density at radius 3 is 2.25 bits per heavy atom. The fraction of sp³-hybridized carbons (Fsp3) is 0.167. The highest BCUT2D eigenvalue weighted by Crippen LogP contribution is 2.33. The van der Waals surface area contributed by atoms with Gasteiger partial charge in [-0.1, -0.05) is 19.9 Å². The summed E-state index contributed by atoms with van der Waals surface area (Å²) >= 11 is 0. The van der Waals surface area contributed by atoms with Gasteiger partial charge in [0.15, 0.2) is 0 Å². The van der Waals surface area contributed by atoms with Crippen LogP contribution in [0.4, 0.5) is 18.9 Å². The van der Waals surface area contributed by atoms with Crippen molar-refractivity contribution in [2.45, 2.75) is 20.0 Å². The number of para-hydroxylation sites is 1. The highest BCUT2D eigenvalue weighted by atomic mass is 19.4. The van der Waals surface area contributed by atoms with Crippen LogP contribution in [0.1, 0.15) is 19.4 Å². The predicted octanol–water partition coefficient (Wildman–Crippen LogP) is 5.65. The van der Waals surface area contributed by atoms with E-state index in [0.717, 1.165) is 12.1 Å². The van der Waals surface area contributed by atoms with E-state index in [1.807, 2.05) is 13.8 Å². The molecule has 24 heavy (non-hydrogen) atoms. The zero-order valence-electron chi connectivity index (χ0n) is 13.3. The number of benzene rings is 2. The molecule has 3 nitrogen and oxygen atoms in total. The van der Waals surface area contributed by atoms with Crippen molar-refractivity contribution in [3.05, 3.63) is 60.3 Å². The van der Waals surface area contributed by atoms with Gasteiger partial charge in [0.25, 0.3) is 0 Å². The lowest BCUT2D eigenvalue weighted by Crippen LogP contribution is -2.04. The van der Waals surface area contributed by atoms with Crippen LogP contribution in [-0.2, 0) is 6.18 Å². The van der Waals surface area contributed by atoms with Crippen LogP contribution in [0.15, 0.2) is 54.7 Å². The van der Waals surface area contributed by atoms with E-state index < -0.39 is 11.7 Å². The molecule has 0 radical (unpaired) electrons. The Kier molecular flexibility index (Phi) is 5.28. The van der Waals surface area contributed by atoms with Crippen molar-refractivity contribution < 1.29 is 17.9 Å². The van der Waals surface area contributed by atoms with Gasteiger partial charge in [0, 0.05) is 11.6 Å². The topological polar surface area (TPSA) is 48.1 Å². The number of aromatic nitrogens is 1. The summed E-state index contributed by atoms with van der Waals surface area (Å²) in [5, 5.41) is 0.697. The van der Waals surface area contributed by atoms with Crippen molar-refractivity contribution in [3.8, 4) is 11.5 Å². The standard InChI is InChI=1S/C16H11F3N2O.C2H6/c17-16(18,19)10-4-6-11(7-5-10)22-14-8-9-21-15-12(14)2-1-3-13(15)20;1-2/h1-9H,20H2;1-2H3. The number of alkyl halides is 3. The molecule has 0 bridgehead atoms. The van der Waals surface area contributed by atoms with Crippen molar-refractivity contribution in [1.29, 1.82) is 0 Å². The van der Waals surface area contributed by atoms with Crippen molar-refractivity contribution in [2.75, 3.05) is 5.73 Å². The van der Waals surface area contributed by atoms with Crippen LogP contribution in [0, 0.1) is 0 Å². The minimum absolute atomic E-state index is 0.308. The van der Waals surface area contributed by atoms with E-state index in [0.29, 0.717) is 28.1 Å². The number of nitrogens with two attached hydrogens (primary N) is 1. The number of nitrogens with zero attached hydrogens (tertiary/aromatic N) is 1. The molecule has 6 heteroatoms. The van der Waals surface area contributed by atoms with E-state index in [-0.39, 0.29) is 0 Å². The first-order valence-corrected chi connectivity index (χ1v) is 7.43. The molecule has 2 N–H and O–H groups in total. The summed E-state index contributed by atoms with van der Waals surface area (Å²) < 4.78 is 43.3. The molecule has 0 saturated carbocycles. The molecule has 0 fully saturated rings. The molecule has 3 rings (SSSR count). The number of nitrogen functional groups attached to an aromatic ring is 1. The minimum Gasteiger partial charge on any atom is -0.457 e. The molecule has 2 aromatic carbocycles. The summed E-state index contributed by atoms with van der Waals surface area (Å²) in [6, 6.07) is 11.4. The van der Waals surface area contributed by atoms with Gasteiger partial charge in [-0.05, 0) is 42.5 Å². The van der Waals surface area contributed by atoms with Crippen LogP contribution < -0.4 is 10.5 Å². The molecule has 0 amide bonds. The molecular formula is C18H17F3N2O. The first-order valence-electron chi connectivity index (χ1n) is 7.43. The van der Waals surface area contributed by atoms with Gasteiger partial charge in [0.05, 0.1) is 16.8 Å². The van der Waals surface area contributed by atoms with Crippen LogP contribution in [0.5, 0.6) is 11.5 Å².